The Balaban J connectivity index is 1.52. The Kier molecular flexibility index (Phi) is 3.99. The lowest BCUT2D eigenvalue weighted by atomic mass is 9.89. The van der Waals surface area contributed by atoms with E-state index in [1.807, 2.05) is 48.8 Å². The minimum absolute atomic E-state index is 0.00703. The van der Waals surface area contributed by atoms with E-state index in [4.69, 9.17) is 4.98 Å². The Bertz CT molecular complexity index is 1180. The minimum atomic E-state index is -0.0640. The summed E-state index contributed by atoms with van der Waals surface area (Å²) in [5.74, 6) is 2.29. The molecule has 7 nitrogen and oxygen atoms in total. The molecular weight excluding hydrogens is 364 g/mol. The monoisotopic (exact) mass is 386 g/mol. The maximum atomic E-state index is 9.52. The van der Waals surface area contributed by atoms with Gasteiger partial charge < -0.3 is 20.3 Å². The van der Waals surface area contributed by atoms with Crippen LogP contribution in [0.25, 0.3) is 10.9 Å². The van der Waals surface area contributed by atoms with E-state index >= 15 is 0 Å². The first-order chi connectivity index (χ1) is 14.0. The van der Waals surface area contributed by atoms with Crippen LogP contribution >= 0.6 is 0 Å². The quantitative estimate of drug-likeness (QED) is 0.491. The molecule has 146 valence electrons. The van der Waals surface area contributed by atoms with Crippen molar-refractivity contribution in [3.63, 3.8) is 0 Å². The average molecular weight is 386 g/mol. The lowest BCUT2D eigenvalue weighted by molar-refractivity contribution is 0.283. The van der Waals surface area contributed by atoms with Crippen LogP contribution in [0.2, 0.25) is 0 Å². The number of anilines is 4. The Morgan fingerprint density at radius 3 is 2.90 bits per heavy atom. The Morgan fingerprint density at radius 1 is 1.21 bits per heavy atom. The lowest BCUT2D eigenvalue weighted by Gasteiger charge is -2.20. The number of aliphatic hydroxyl groups excluding tert-OH is 1. The predicted molar refractivity (Wildman–Crippen MR) is 114 cm³/mol. The number of hydrogen-bond acceptors (Lipinski definition) is 6. The predicted octanol–water partition coefficient (Wildman–Crippen LogP) is 4.02. The van der Waals surface area contributed by atoms with Crippen LogP contribution in [-0.4, -0.2) is 31.6 Å². The molecule has 1 aliphatic heterocycles. The van der Waals surface area contributed by atoms with Gasteiger partial charge in [0.15, 0.2) is 0 Å². The highest BCUT2D eigenvalue weighted by Crippen LogP contribution is 2.42. The van der Waals surface area contributed by atoms with Crippen LogP contribution < -0.4 is 10.2 Å². The molecule has 29 heavy (non-hydrogen) atoms. The van der Waals surface area contributed by atoms with Gasteiger partial charge in [0.2, 0.25) is 5.95 Å². The zero-order valence-electron chi connectivity index (χ0n) is 16.3. The summed E-state index contributed by atoms with van der Waals surface area (Å²) in [6, 6.07) is 11.8. The SMILES string of the molecule is CC1(C)CN(c2ccccn2)c2nc(Nc3ccc4[nH]cc(CO)c4c3)ncc21. The molecule has 4 heterocycles. The highest BCUT2D eigenvalue weighted by molar-refractivity contribution is 5.87. The van der Waals surface area contributed by atoms with E-state index in [0.717, 1.165) is 45.9 Å². The number of aromatic nitrogens is 4. The molecule has 5 rings (SSSR count). The topological polar surface area (TPSA) is 90.0 Å². The summed E-state index contributed by atoms with van der Waals surface area (Å²) in [6.45, 7) is 5.18. The van der Waals surface area contributed by atoms with Gasteiger partial charge in [-0.1, -0.05) is 19.9 Å². The molecule has 0 aliphatic carbocycles. The van der Waals surface area contributed by atoms with Gasteiger partial charge >= 0.3 is 0 Å². The van der Waals surface area contributed by atoms with Gasteiger partial charge in [-0.3, -0.25) is 0 Å². The largest absolute Gasteiger partial charge is 0.392 e. The summed E-state index contributed by atoms with van der Waals surface area (Å²) in [4.78, 5) is 19.2. The van der Waals surface area contributed by atoms with Crippen LogP contribution in [0.15, 0.2) is 55.0 Å². The van der Waals surface area contributed by atoms with Crippen molar-refractivity contribution in [1.82, 2.24) is 19.9 Å². The molecule has 0 saturated heterocycles. The van der Waals surface area contributed by atoms with Crippen LogP contribution in [0.4, 0.5) is 23.3 Å². The first kappa shape index (κ1) is 17.6. The summed E-state index contributed by atoms with van der Waals surface area (Å²) in [7, 11) is 0. The molecule has 0 fully saturated rings. The van der Waals surface area contributed by atoms with E-state index in [1.165, 1.54) is 0 Å². The number of fused-ring (bicyclic) bond motifs is 2. The van der Waals surface area contributed by atoms with E-state index in [9.17, 15) is 5.11 Å². The second kappa shape index (κ2) is 6.56. The molecule has 3 N–H and O–H groups in total. The van der Waals surface area contributed by atoms with Gasteiger partial charge in [0.25, 0.3) is 0 Å². The second-order valence-electron chi connectivity index (χ2n) is 7.95. The molecule has 0 bridgehead atoms. The summed E-state index contributed by atoms with van der Waals surface area (Å²) in [6.07, 6.45) is 5.53. The second-order valence-corrected chi connectivity index (χ2v) is 7.95. The average Bonchev–Trinajstić information content (AvgIpc) is 3.26. The smallest absolute Gasteiger partial charge is 0.229 e. The molecule has 0 radical (unpaired) electrons. The number of benzene rings is 1. The Hall–Kier alpha value is -3.45. The number of aromatic amines is 1. The van der Waals surface area contributed by atoms with Gasteiger partial charge in [-0.05, 0) is 30.3 Å². The van der Waals surface area contributed by atoms with Crippen molar-refractivity contribution in [3.8, 4) is 0 Å². The maximum Gasteiger partial charge on any atom is 0.229 e. The van der Waals surface area contributed by atoms with Crippen molar-refractivity contribution in [1.29, 1.82) is 0 Å². The summed E-state index contributed by atoms with van der Waals surface area (Å²) in [5.41, 5.74) is 3.76. The Labute approximate surface area is 168 Å². The van der Waals surface area contributed by atoms with Crippen LogP contribution in [0, 0.1) is 0 Å². The van der Waals surface area contributed by atoms with Gasteiger partial charge in [-0.25, -0.2) is 9.97 Å². The number of H-pyrrole nitrogens is 1. The molecule has 0 atom stereocenters. The van der Waals surface area contributed by atoms with Crippen LogP contribution in [0.5, 0.6) is 0 Å². The molecule has 1 aromatic carbocycles. The first-order valence-corrected chi connectivity index (χ1v) is 9.59. The van der Waals surface area contributed by atoms with E-state index in [2.05, 4.69) is 39.0 Å². The number of aliphatic hydroxyl groups is 1. The number of nitrogens with zero attached hydrogens (tertiary/aromatic N) is 4. The van der Waals surface area contributed by atoms with Crippen LogP contribution in [0.1, 0.15) is 25.0 Å². The zero-order chi connectivity index (χ0) is 20.0. The number of nitrogens with one attached hydrogen (secondary N) is 2. The van der Waals surface area contributed by atoms with Crippen molar-refractivity contribution in [3.05, 3.63) is 66.1 Å². The molecule has 0 unspecified atom stereocenters. The third-order valence-corrected chi connectivity index (χ3v) is 5.43. The van der Waals surface area contributed by atoms with Gasteiger partial charge in [0, 0.05) is 58.3 Å². The van der Waals surface area contributed by atoms with Crippen LogP contribution in [0.3, 0.4) is 0 Å². The van der Waals surface area contributed by atoms with Crippen molar-refractivity contribution in [2.75, 3.05) is 16.8 Å². The third kappa shape index (κ3) is 3.00. The number of pyridine rings is 1. The molecule has 0 amide bonds. The van der Waals surface area contributed by atoms with Gasteiger partial charge in [-0.15, -0.1) is 0 Å². The summed E-state index contributed by atoms with van der Waals surface area (Å²) < 4.78 is 0. The summed E-state index contributed by atoms with van der Waals surface area (Å²) in [5, 5.41) is 13.8. The fourth-order valence-electron chi connectivity index (χ4n) is 3.89. The fraction of sp³-hybridized carbons (Fsp3) is 0.227. The number of rotatable bonds is 4. The molecule has 1 aliphatic rings. The number of hydrogen-bond donors (Lipinski definition) is 3. The fourth-order valence-corrected chi connectivity index (χ4v) is 3.89. The molecule has 0 spiro atoms. The maximum absolute atomic E-state index is 9.52. The van der Waals surface area contributed by atoms with Crippen molar-refractivity contribution in [2.24, 2.45) is 0 Å². The molecular formula is C22H22N6O. The minimum Gasteiger partial charge on any atom is -0.392 e. The molecule has 7 heteroatoms. The van der Waals surface area contributed by atoms with Crippen molar-refractivity contribution >= 4 is 34.2 Å². The van der Waals surface area contributed by atoms with E-state index < -0.39 is 0 Å². The van der Waals surface area contributed by atoms with E-state index in [1.54, 1.807) is 6.20 Å². The first-order valence-electron chi connectivity index (χ1n) is 9.59. The van der Waals surface area contributed by atoms with Crippen molar-refractivity contribution in [2.45, 2.75) is 25.9 Å². The highest BCUT2D eigenvalue weighted by atomic mass is 16.3. The normalized spacial score (nSPS) is 14.9. The standard InChI is InChI=1S/C22H22N6O/c1-22(2)13-28(19-5-3-4-8-23-19)20-17(22)11-25-21(27-20)26-15-6-7-18-16(9-15)14(12-29)10-24-18/h3-11,24,29H,12-13H2,1-2H3,(H,25,26,27). The van der Waals surface area contributed by atoms with Gasteiger partial charge in [-0.2, -0.15) is 4.98 Å². The van der Waals surface area contributed by atoms with E-state index in [-0.39, 0.29) is 12.0 Å². The van der Waals surface area contributed by atoms with Gasteiger partial charge in [0.05, 0.1) is 6.61 Å². The summed E-state index contributed by atoms with van der Waals surface area (Å²) >= 11 is 0. The van der Waals surface area contributed by atoms with E-state index in [0.29, 0.717) is 5.95 Å². The zero-order valence-corrected chi connectivity index (χ0v) is 16.3. The lowest BCUT2D eigenvalue weighted by Crippen LogP contribution is -2.25. The van der Waals surface area contributed by atoms with Gasteiger partial charge in [0.1, 0.15) is 11.6 Å². The van der Waals surface area contributed by atoms with Crippen molar-refractivity contribution < 1.29 is 5.11 Å². The molecule has 4 aromatic rings. The molecule has 3 aromatic heterocycles. The van der Waals surface area contributed by atoms with Crippen LogP contribution in [-0.2, 0) is 12.0 Å². The third-order valence-electron chi connectivity index (χ3n) is 5.43. The Morgan fingerprint density at radius 2 is 2.10 bits per heavy atom. The highest BCUT2D eigenvalue weighted by Gasteiger charge is 2.38. The molecule has 0 saturated carbocycles.